The van der Waals surface area contributed by atoms with Crippen LogP contribution in [0.25, 0.3) is 0 Å². The van der Waals surface area contributed by atoms with Crippen LogP contribution in [0.3, 0.4) is 0 Å². The molecule has 0 atom stereocenters. The van der Waals surface area contributed by atoms with Gasteiger partial charge in [0.2, 0.25) is 0 Å². The third-order valence-electron chi connectivity index (χ3n) is 5.19. The Labute approximate surface area is 149 Å². The molecule has 0 radical (unpaired) electrons. The maximum atomic E-state index is 12.6. The number of carbonyl (C=O) groups is 1. The fraction of sp³-hybridized carbons (Fsp3) is 0.579. The molecule has 0 spiro atoms. The first-order chi connectivity index (χ1) is 12.1. The van der Waals surface area contributed by atoms with Crippen molar-refractivity contribution >= 4 is 5.91 Å². The summed E-state index contributed by atoms with van der Waals surface area (Å²) >= 11 is 0. The number of hydrogen-bond acceptors (Lipinski definition) is 3. The maximum Gasteiger partial charge on any atom is 0.270 e. The first kappa shape index (κ1) is 17.7. The molecule has 0 N–H and O–H groups in total. The van der Waals surface area contributed by atoms with Crippen molar-refractivity contribution in [2.24, 2.45) is 13.0 Å². The van der Waals surface area contributed by atoms with Crippen LogP contribution in [0.1, 0.15) is 34.8 Å². The van der Waals surface area contributed by atoms with Crippen LogP contribution in [0.2, 0.25) is 0 Å². The highest BCUT2D eigenvalue weighted by Crippen LogP contribution is 2.23. The predicted molar refractivity (Wildman–Crippen MR) is 96.6 cm³/mol. The van der Waals surface area contributed by atoms with Gasteiger partial charge in [-0.2, -0.15) is 0 Å². The van der Waals surface area contributed by atoms with Crippen molar-refractivity contribution in [3.63, 3.8) is 0 Å². The van der Waals surface area contributed by atoms with E-state index in [1.54, 1.807) is 7.11 Å². The van der Waals surface area contributed by atoms with Gasteiger partial charge in [-0.25, -0.2) is 4.98 Å². The maximum absolute atomic E-state index is 12.6. The molecule has 136 valence electrons. The molecule has 1 fully saturated rings. The quantitative estimate of drug-likeness (QED) is 0.808. The van der Waals surface area contributed by atoms with Gasteiger partial charge in [0.25, 0.3) is 5.91 Å². The standard InChI is InChI=1S/C19H28N4O2/c1-15-14-20-18(23(15)11-12-25-3)13-16-6-9-22(10-7-16)19(24)17-5-4-8-21(17)2/h4-5,8,14,16H,6-7,9-13H2,1-3H3. The second-order valence-electron chi connectivity index (χ2n) is 6.90. The number of hydrogen-bond donors (Lipinski definition) is 0. The van der Waals surface area contributed by atoms with E-state index in [2.05, 4.69) is 16.5 Å². The zero-order valence-corrected chi connectivity index (χ0v) is 15.4. The van der Waals surface area contributed by atoms with Gasteiger partial charge >= 0.3 is 0 Å². The van der Waals surface area contributed by atoms with Gasteiger partial charge in [-0.05, 0) is 37.8 Å². The average Bonchev–Trinajstić information content (AvgIpc) is 3.19. The van der Waals surface area contributed by atoms with Crippen LogP contribution in [-0.4, -0.2) is 51.7 Å². The topological polar surface area (TPSA) is 52.3 Å². The molecule has 25 heavy (non-hydrogen) atoms. The number of aryl methyl sites for hydroxylation is 2. The van der Waals surface area contributed by atoms with Crippen LogP contribution in [0.4, 0.5) is 0 Å². The summed E-state index contributed by atoms with van der Waals surface area (Å²) in [5.41, 5.74) is 1.95. The Morgan fingerprint density at radius 2 is 2.12 bits per heavy atom. The van der Waals surface area contributed by atoms with Gasteiger partial charge in [-0.15, -0.1) is 0 Å². The molecule has 1 saturated heterocycles. The van der Waals surface area contributed by atoms with Crippen LogP contribution in [0.5, 0.6) is 0 Å². The van der Waals surface area contributed by atoms with Crippen LogP contribution >= 0.6 is 0 Å². The Bertz CT molecular complexity index is 711. The number of aromatic nitrogens is 3. The molecule has 6 nitrogen and oxygen atoms in total. The fourth-order valence-electron chi connectivity index (χ4n) is 3.61. The van der Waals surface area contributed by atoms with Gasteiger partial charge in [-0.3, -0.25) is 4.79 Å². The summed E-state index contributed by atoms with van der Waals surface area (Å²) < 4.78 is 9.35. The summed E-state index contributed by atoms with van der Waals surface area (Å²) in [6, 6.07) is 3.81. The number of nitrogens with zero attached hydrogens (tertiary/aromatic N) is 4. The number of piperidine rings is 1. The van der Waals surface area contributed by atoms with Crippen molar-refractivity contribution < 1.29 is 9.53 Å². The van der Waals surface area contributed by atoms with Crippen molar-refractivity contribution in [3.8, 4) is 0 Å². The van der Waals surface area contributed by atoms with Gasteiger partial charge in [0.1, 0.15) is 11.5 Å². The molecular formula is C19H28N4O2. The number of rotatable bonds is 6. The molecule has 0 bridgehead atoms. The van der Waals surface area contributed by atoms with Gasteiger partial charge in [-0.1, -0.05) is 0 Å². The smallest absolute Gasteiger partial charge is 0.270 e. The summed E-state index contributed by atoms with van der Waals surface area (Å²) in [7, 11) is 3.65. The van der Waals surface area contributed by atoms with Crippen molar-refractivity contribution in [2.75, 3.05) is 26.8 Å². The highest BCUT2D eigenvalue weighted by Gasteiger charge is 2.25. The van der Waals surface area contributed by atoms with Crippen LogP contribution in [0, 0.1) is 12.8 Å². The molecule has 0 aliphatic carbocycles. The number of carbonyl (C=O) groups excluding carboxylic acids is 1. The Hall–Kier alpha value is -2.08. The van der Waals surface area contributed by atoms with Gasteiger partial charge in [0.05, 0.1) is 6.61 Å². The minimum absolute atomic E-state index is 0.142. The number of amides is 1. The van der Waals surface area contributed by atoms with E-state index in [0.29, 0.717) is 12.5 Å². The molecule has 6 heteroatoms. The van der Waals surface area contributed by atoms with Crippen molar-refractivity contribution in [1.82, 2.24) is 19.0 Å². The molecule has 0 saturated carbocycles. The second-order valence-corrected chi connectivity index (χ2v) is 6.90. The first-order valence-corrected chi connectivity index (χ1v) is 9.00. The third-order valence-corrected chi connectivity index (χ3v) is 5.19. The summed E-state index contributed by atoms with van der Waals surface area (Å²) in [5.74, 6) is 1.87. The van der Waals surface area contributed by atoms with E-state index >= 15 is 0 Å². The highest BCUT2D eigenvalue weighted by atomic mass is 16.5. The van der Waals surface area contributed by atoms with E-state index in [1.165, 1.54) is 5.69 Å². The lowest BCUT2D eigenvalue weighted by molar-refractivity contribution is 0.0679. The largest absolute Gasteiger partial charge is 0.383 e. The van der Waals surface area contributed by atoms with Crippen LogP contribution in [0.15, 0.2) is 24.5 Å². The Balaban J connectivity index is 1.56. The summed E-state index contributed by atoms with van der Waals surface area (Å²) in [6.07, 6.45) is 6.91. The highest BCUT2D eigenvalue weighted by molar-refractivity contribution is 5.92. The lowest BCUT2D eigenvalue weighted by atomic mass is 9.93. The summed E-state index contributed by atoms with van der Waals surface area (Å²) in [6.45, 7) is 5.29. The molecule has 0 aromatic carbocycles. The third kappa shape index (κ3) is 3.95. The Morgan fingerprint density at radius 1 is 1.36 bits per heavy atom. The molecule has 0 unspecified atom stereocenters. The molecule has 2 aromatic rings. The van der Waals surface area contributed by atoms with Crippen LogP contribution in [-0.2, 0) is 24.8 Å². The monoisotopic (exact) mass is 344 g/mol. The van der Waals surface area contributed by atoms with E-state index in [1.807, 2.05) is 41.0 Å². The molecule has 1 aliphatic heterocycles. The number of likely N-dealkylation sites (tertiary alicyclic amines) is 1. The van der Waals surface area contributed by atoms with E-state index in [9.17, 15) is 4.79 Å². The van der Waals surface area contributed by atoms with Gasteiger partial charge < -0.3 is 18.8 Å². The second kappa shape index (κ2) is 7.87. The average molecular weight is 344 g/mol. The van der Waals surface area contributed by atoms with E-state index in [4.69, 9.17) is 4.74 Å². The van der Waals surface area contributed by atoms with Crippen molar-refractivity contribution in [1.29, 1.82) is 0 Å². The number of imidazole rings is 1. The SMILES string of the molecule is COCCn1c(C)cnc1CC1CCN(C(=O)c2cccn2C)CC1. The Morgan fingerprint density at radius 3 is 2.76 bits per heavy atom. The molecule has 2 aromatic heterocycles. The van der Waals surface area contributed by atoms with Crippen LogP contribution < -0.4 is 0 Å². The van der Waals surface area contributed by atoms with Crippen molar-refractivity contribution in [2.45, 2.75) is 32.7 Å². The molecule has 1 aliphatic rings. The van der Waals surface area contributed by atoms with E-state index in [-0.39, 0.29) is 5.91 Å². The van der Waals surface area contributed by atoms with Gasteiger partial charge in [0, 0.05) is 58.3 Å². The fourth-order valence-corrected chi connectivity index (χ4v) is 3.61. The predicted octanol–water partition coefficient (Wildman–Crippen LogP) is 2.27. The lowest BCUT2D eigenvalue weighted by Crippen LogP contribution is -2.39. The van der Waals surface area contributed by atoms with E-state index in [0.717, 1.165) is 50.4 Å². The Kier molecular flexibility index (Phi) is 5.58. The lowest BCUT2D eigenvalue weighted by Gasteiger charge is -2.32. The molecule has 3 rings (SSSR count). The normalized spacial score (nSPS) is 15.7. The zero-order chi connectivity index (χ0) is 17.8. The minimum Gasteiger partial charge on any atom is -0.383 e. The number of methoxy groups -OCH3 is 1. The summed E-state index contributed by atoms with van der Waals surface area (Å²) in [4.78, 5) is 19.2. The molecular weight excluding hydrogens is 316 g/mol. The minimum atomic E-state index is 0.142. The number of ether oxygens (including phenoxy) is 1. The summed E-state index contributed by atoms with van der Waals surface area (Å²) in [5, 5.41) is 0. The molecule has 1 amide bonds. The van der Waals surface area contributed by atoms with E-state index < -0.39 is 0 Å². The first-order valence-electron chi connectivity index (χ1n) is 9.00. The zero-order valence-electron chi connectivity index (χ0n) is 15.4. The molecule has 3 heterocycles. The van der Waals surface area contributed by atoms with Crippen molar-refractivity contribution in [3.05, 3.63) is 41.7 Å². The van der Waals surface area contributed by atoms with Gasteiger partial charge in [0.15, 0.2) is 0 Å².